The summed E-state index contributed by atoms with van der Waals surface area (Å²) in [5.41, 5.74) is 1.85. The van der Waals surface area contributed by atoms with Crippen LogP contribution in [0.2, 0.25) is 0 Å². The van der Waals surface area contributed by atoms with Gasteiger partial charge in [0.2, 0.25) is 5.91 Å². The van der Waals surface area contributed by atoms with Crippen molar-refractivity contribution in [3.63, 3.8) is 0 Å². The molecule has 2 aromatic carbocycles. The summed E-state index contributed by atoms with van der Waals surface area (Å²) in [6, 6.07) is 9.55. The first-order valence-electron chi connectivity index (χ1n) is 12.6. The Hall–Kier alpha value is -5.07. The number of hydrogen-bond acceptors (Lipinski definition) is 8. The van der Waals surface area contributed by atoms with E-state index in [0.29, 0.717) is 41.5 Å². The molecule has 2 amide bonds. The number of hydrogen-bond donors (Lipinski definition) is 3. The minimum absolute atomic E-state index is 0.0997. The number of carbonyl (C=O) groups is 2. The number of aromatic nitrogens is 4. The molecule has 0 saturated carbocycles. The lowest BCUT2D eigenvalue weighted by atomic mass is 10.1. The number of nitrogens with zero attached hydrogens (tertiary/aromatic N) is 5. The van der Waals surface area contributed by atoms with Crippen LogP contribution < -0.4 is 20.9 Å². The fourth-order valence-corrected chi connectivity index (χ4v) is 4.43. The third-order valence-corrected chi connectivity index (χ3v) is 6.60. The van der Waals surface area contributed by atoms with Gasteiger partial charge < -0.3 is 20.9 Å². The molecule has 1 saturated heterocycles. The van der Waals surface area contributed by atoms with Crippen LogP contribution in [0.3, 0.4) is 0 Å². The summed E-state index contributed by atoms with van der Waals surface area (Å²) in [6.07, 6.45) is 0.617. The molecule has 0 unspecified atom stereocenters. The molecule has 1 aliphatic heterocycles. The monoisotopic (exact) mass is 562 g/mol. The van der Waals surface area contributed by atoms with Crippen molar-refractivity contribution in [2.24, 2.45) is 0 Å². The van der Waals surface area contributed by atoms with E-state index < -0.39 is 17.6 Å². The quantitative estimate of drug-likeness (QED) is 0.273. The van der Waals surface area contributed by atoms with Crippen molar-refractivity contribution >= 4 is 40.5 Å². The molecule has 0 atom stereocenters. The summed E-state index contributed by atoms with van der Waals surface area (Å²) in [4.78, 5) is 43.9. The highest BCUT2D eigenvalue weighted by molar-refractivity contribution is 6.08. The Labute approximate surface area is 233 Å². The van der Waals surface area contributed by atoms with Crippen molar-refractivity contribution in [1.82, 2.24) is 19.9 Å². The summed E-state index contributed by atoms with van der Waals surface area (Å²) in [6.45, 7) is 2.19. The highest BCUT2D eigenvalue weighted by Gasteiger charge is 2.33. The van der Waals surface area contributed by atoms with E-state index in [1.807, 2.05) is 6.92 Å². The number of aryl methyl sites for hydroxylation is 1. The number of carbonyl (C=O) groups excluding carboxylic acids is 2. The molecule has 5 rings (SSSR count). The fourth-order valence-electron chi connectivity index (χ4n) is 4.43. The summed E-state index contributed by atoms with van der Waals surface area (Å²) >= 11 is 0. The van der Waals surface area contributed by atoms with Crippen LogP contribution in [-0.4, -0.2) is 45.3 Å². The van der Waals surface area contributed by atoms with Crippen molar-refractivity contribution in [2.75, 3.05) is 34.4 Å². The predicted octanol–water partition coefficient (Wildman–Crippen LogP) is 5.43. The van der Waals surface area contributed by atoms with Crippen molar-refractivity contribution in [1.29, 1.82) is 0 Å². The van der Waals surface area contributed by atoms with Gasteiger partial charge in [-0.05, 0) is 49.2 Å². The Morgan fingerprint density at radius 1 is 1.00 bits per heavy atom. The number of rotatable bonds is 7. The lowest BCUT2D eigenvalue weighted by Gasteiger charge is -2.21. The van der Waals surface area contributed by atoms with Gasteiger partial charge in [0.05, 0.1) is 28.2 Å². The van der Waals surface area contributed by atoms with Crippen molar-refractivity contribution < 1.29 is 22.8 Å². The molecular formula is C28H25F3N8O2. The second-order valence-electron chi connectivity index (χ2n) is 9.31. The first kappa shape index (κ1) is 27.5. The highest BCUT2D eigenvalue weighted by atomic mass is 19.4. The normalized spacial score (nSPS) is 13.3. The van der Waals surface area contributed by atoms with Crippen LogP contribution in [0.25, 0.3) is 11.3 Å². The molecule has 210 valence electrons. The van der Waals surface area contributed by atoms with E-state index in [9.17, 15) is 22.8 Å². The van der Waals surface area contributed by atoms with E-state index in [0.717, 1.165) is 17.7 Å². The van der Waals surface area contributed by atoms with Crippen LogP contribution in [-0.2, 0) is 11.0 Å². The molecule has 41 heavy (non-hydrogen) atoms. The minimum Gasteiger partial charge on any atom is -0.373 e. The van der Waals surface area contributed by atoms with Gasteiger partial charge in [0.25, 0.3) is 5.91 Å². The number of benzene rings is 2. The van der Waals surface area contributed by atoms with Gasteiger partial charge in [-0.3, -0.25) is 9.59 Å². The summed E-state index contributed by atoms with van der Waals surface area (Å²) in [5, 5.41) is 8.75. The summed E-state index contributed by atoms with van der Waals surface area (Å²) in [5.74, 6) is 0.171. The topological polar surface area (TPSA) is 125 Å². The van der Waals surface area contributed by atoms with Crippen molar-refractivity contribution in [2.45, 2.75) is 25.9 Å². The second kappa shape index (κ2) is 11.2. The third kappa shape index (κ3) is 5.93. The predicted molar refractivity (Wildman–Crippen MR) is 148 cm³/mol. The van der Waals surface area contributed by atoms with E-state index >= 15 is 0 Å². The molecule has 10 nitrogen and oxygen atoms in total. The second-order valence-corrected chi connectivity index (χ2v) is 9.31. The van der Waals surface area contributed by atoms with E-state index in [-0.39, 0.29) is 29.3 Å². The zero-order valence-electron chi connectivity index (χ0n) is 22.1. The lowest BCUT2D eigenvalue weighted by molar-refractivity contribution is -0.137. The fraction of sp³-hybridized carbons (Fsp3) is 0.214. The van der Waals surface area contributed by atoms with Crippen LogP contribution in [0.15, 0.2) is 61.3 Å². The van der Waals surface area contributed by atoms with Gasteiger partial charge in [0, 0.05) is 43.5 Å². The maximum absolute atomic E-state index is 13.5. The van der Waals surface area contributed by atoms with E-state index in [1.165, 1.54) is 23.6 Å². The minimum atomic E-state index is -4.62. The van der Waals surface area contributed by atoms with E-state index in [1.54, 1.807) is 37.5 Å². The van der Waals surface area contributed by atoms with Gasteiger partial charge in [-0.1, -0.05) is 6.07 Å². The molecule has 3 N–H and O–H groups in total. The molecule has 0 bridgehead atoms. The molecule has 2 aromatic heterocycles. The summed E-state index contributed by atoms with van der Waals surface area (Å²) in [7, 11) is 1.73. The Morgan fingerprint density at radius 2 is 1.83 bits per heavy atom. The van der Waals surface area contributed by atoms with Crippen molar-refractivity contribution in [3.05, 3.63) is 78.0 Å². The molecule has 3 heterocycles. The average Bonchev–Trinajstić information content (AvgIpc) is 3.39. The van der Waals surface area contributed by atoms with Gasteiger partial charge in [-0.25, -0.2) is 19.9 Å². The van der Waals surface area contributed by atoms with Crippen LogP contribution >= 0.6 is 0 Å². The number of anilines is 5. The Balaban J connectivity index is 1.45. The molecule has 4 aromatic rings. The smallest absolute Gasteiger partial charge is 0.373 e. The Kier molecular flexibility index (Phi) is 7.51. The van der Waals surface area contributed by atoms with E-state index in [2.05, 4.69) is 35.9 Å². The molecule has 1 fully saturated rings. The Bertz CT molecular complexity index is 1630. The van der Waals surface area contributed by atoms with Crippen molar-refractivity contribution in [3.8, 4) is 11.3 Å². The third-order valence-electron chi connectivity index (χ3n) is 6.60. The average molecular weight is 563 g/mol. The molecular weight excluding hydrogens is 537 g/mol. The van der Waals surface area contributed by atoms with Gasteiger partial charge in [-0.15, -0.1) is 0 Å². The molecule has 13 heteroatoms. The first-order chi connectivity index (χ1) is 19.6. The van der Waals surface area contributed by atoms with Gasteiger partial charge in [0.15, 0.2) is 0 Å². The highest BCUT2D eigenvalue weighted by Crippen LogP contribution is 2.37. The number of amides is 2. The van der Waals surface area contributed by atoms with Gasteiger partial charge >= 0.3 is 6.18 Å². The zero-order valence-corrected chi connectivity index (χ0v) is 22.1. The maximum Gasteiger partial charge on any atom is 0.416 e. The number of alkyl halides is 3. The van der Waals surface area contributed by atoms with Crippen LogP contribution in [0, 0.1) is 6.92 Å². The van der Waals surface area contributed by atoms with Gasteiger partial charge in [0.1, 0.15) is 24.3 Å². The Morgan fingerprint density at radius 3 is 2.56 bits per heavy atom. The SMILES string of the molecule is CNc1cc(-c2cncnc2Nc2cc(C(=O)Nc3cc(C(F)(F)F)ccc3N3CCCC3=O)ccc2C)ncn1. The summed E-state index contributed by atoms with van der Waals surface area (Å²) < 4.78 is 40.5. The zero-order chi connectivity index (χ0) is 29.1. The van der Waals surface area contributed by atoms with Gasteiger partial charge in [-0.2, -0.15) is 13.2 Å². The number of nitrogens with one attached hydrogen (secondary N) is 3. The van der Waals surface area contributed by atoms with Crippen LogP contribution in [0.4, 0.5) is 41.9 Å². The van der Waals surface area contributed by atoms with Crippen LogP contribution in [0.5, 0.6) is 0 Å². The molecule has 0 spiro atoms. The van der Waals surface area contributed by atoms with E-state index in [4.69, 9.17) is 0 Å². The van der Waals surface area contributed by atoms with Crippen LogP contribution in [0.1, 0.15) is 34.3 Å². The maximum atomic E-state index is 13.5. The standard InChI is InChI=1S/C28H25F3N8O2/c1-16-5-6-17(10-20(16)37-26-19(13-33-14-36-26)21-12-24(32-2)35-15-34-21)27(41)38-22-11-18(28(29,30)31)7-8-23(22)39-9-3-4-25(39)40/h5-8,10-15H,3-4,9H2,1-2H3,(H,38,41)(H,32,34,35)(H,33,36,37). The molecule has 1 aliphatic rings. The lowest BCUT2D eigenvalue weighted by Crippen LogP contribution is -2.26. The largest absolute Gasteiger partial charge is 0.416 e. The number of halogens is 3. The first-order valence-corrected chi connectivity index (χ1v) is 12.6. The molecule has 0 radical (unpaired) electrons. The molecule has 0 aliphatic carbocycles.